The molecule has 0 heterocycles. The van der Waals surface area contributed by atoms with Crippen LogP contribution >= 0.6 is 11.6 Å². The van der Waals surface area contributed by atoms with Crippen molar-refractivity contribution in [3.8, 4) is 0 Å². The van der Waals surface area contributed by atoms with Gasteiger partial charge in [-0.25, -0.2) is 8.78 Å². The van der Waals surface area contributed by atoms with E-state index in [1.807, 2.05) is 0 Å². The van der Waals surface area contributed by atoms with Crippen LogP contribution in [0.3, 0.4) is 0 Å². The Morgan fingerprint density at radius 2 is 1.95 bits per heavy atom. The predicted molar refractivity (Wildman–Crippen MR) is 73.6 cm³/mol. The Balaban J connectivity index is 2.19. The SMILES string of the molecule is C/C(=N/Nc1cccc(Cl)c1)c1ccc(F)cc1F. The van der Waals surface area contributed by atoms with Crippen molar-refractivity contribution in [2.45, 2.75) is 6.92 Å². The lowest BCUT2D eigenvalue weighted by molar-refractivity contribution is 0.581. The maximum Gasteiger partial charge on any atom is 0.135 e. The molecule has 0 spiro atoms. The number of hydrazone groups is 1. The van der Waals surface area contributed by atoms with E-state index in [1.54, 1.807) is 31.2 Å². The van der Waals surface area contributed by atoms with Crippen LogP contribution < -0.4 is 5.43 Å². The first-order valence-electron chi connectivity index (χ1n) is 5.57. The summed E-state index contributed by atoms with van der Waals surface area (Å²) < 4.78 is 26.3. The fourth-order valence-electron chi connectivity index (χ4n) is 1.55. The van der Waals surface area contributed by atoms with E-state index in [0.29, 0.717) is 16.4 Å². The highest BCUT2D eigenvalue weighted by atomic mass is 35.5. The molecule has 0 bridgehead atoms. The fraction of sp³-hybridized carbons (Fsp3) is 0.0714. The van der Waals surface area contributed by atoms with Crippen LogP contribution in [0.4, 0.5) is 14.5 Å². The van der Waals surface area contributed by atoms with Crippen molar-refractivity contribution < 1.29 is 8.78 Å². The molecule has 19 heavy (non-hydrogen) atoms. The van der Waals surface area contributed by atoms with Crippen molar-refractivity contribution in [1.29, 1.82) is 0 Å². The van der Waals surface area contributed by atoms with Crippen molar-refractivity contribution in [1.82, 2.24) is 0 Å². The summed E-state index contributed by atoms with van der Waals surface area (Å²) in [4.78, 5) is 0. The van der Waals surface area contributed by atoms with Gasteiger partial charge in [-0.3, -0.25) is 5.43 Å². The van der Waals surface area contributed by atoms with E-state index in [1.165, 1.54) is 12.1 Å². The van der Waals surface area contributed by atoms with Crippen molar-refractivity contribution in [3.05, 3.63) is 64.7 Å². The fourth-order valence-corrected chi connectivity index (χ4v) is 1.74. The molecular weight excluding hydrogens is 270 g/mol. The van der Waals surface area contributed by atoms with Crippen LogP contribution in [0.5, 0.6) is 0 Å². The summed E-state index contributed by atoms with van der Waals surface area (Å²) in [5.74, 6) is -1.26. The van der Waals surface area contributed by atoms with Crippen molar-refractivity contribution >= 4 is 23.0 Å². The third kappa shape index (κ3) is 3.51. The van der Waals surface area contributed by atoms with Crippen LogP contribution in [0.2, 0.25) is 5.02 Å². The lowest BCUT2D eigenvalue weighted by Crippen LogP contribution is -2.03. The summed E-state index contributed by atoms with van der Waals surface area (Å²) in [6, 6.07) is 10.4. The summed E-state index contributed by atoms with van der Waals surface area (Å²) in [6.45, 7) is 1.63. The van der Waals surface area contributed by atoms with Crippen LogP contribution in [0.15, 0.2) is 47.6 Å². The molecule has 0 saturated heterocycles. The van der Waals surface area contributed by atoms with E-state index in [9.17, 15) is 8.78 Å². The molecule has 0 amide bonds. The molecular formula is C14H11ClF2N2. The smallest absolute Gasteiger partial charge is 0.135 e. The Kier molecular flexibility index (Phi) is 4.12. The minimum absolute atomic E-state index is 0.246. The zero-order valence-electron chi connectivity index (χ0n) is 10.1. The second kappa shape index (κ2) is 5.80. The van der Waals surface area contributed by atoms with Crippen molar-refractivity contribution in [2.75, 3.05) is 5.43 Å². The van der Waals surface area contributed by atoms with E-state index < -0.39 is 11.6 Å². The molecule has 0 radical (unpaired) electrons. The topological polar surface area (TPSA) is 24.4 Å². The molecule has 2 rings (SSSR count). The Bertz CT molecular complexity index is 627. The van der Waals surface area contributed by atoms with Gasteiger partial charge in [-0.05, 0) is 37.3 Å². The predicted octanol–water partition coefficient (Wildman–Crippen LogP) is 4.45. The average Bonchev–Trinajstić information content (AvgIpc) is 2.36. The van der Waals surface area contributed by atoms with Gasteiger partial charge in [0.2, 0.25) is 0 Å². The zero-order valence-corrected chi connectivity index (χ0v) is 10.9. The summed E-state index contributed by atoms with van der Waals surface area (Å²) in [7, 11) is 0. The molecule has 2 nitrogen and oxygen atoms in total. The highest BCUT2D eigenvalue weighted by Crippen LogP contribution is 2.16. The minimum atomic E-state index is -0.644. The van der Waals surface area contributed by atoms with Gasteiger partial charge in [0.1, 0.15) is 11.6 Å². The summed E-state index contributed by atoms with van der Waals surface area (Å²) in [5, 5.41) is 4.62. The van der Waals surface area contributed by atoms with Gasteiger partial charge in [0.15, 0.2) is 0 Å². The quantitative estimate of drug-likeness (QED) is 0.652. The highest BCUT2D eigenvalue weighted by molar-refractivity contribution is 6.30. The van der Waals surface area contributed by atoms with Gasteiger partial charge in [-0.1, -0.05) is 17.7 Å². The van der Waals surface area contributed by atoms with Crippen LogP contribution in [-0.2, 0) is 0 Å². The number of anilines is 1. The van der Waals surface area contributed by atoms with E-state index in [4.69, 9.17) is 11.6 Å². The number of nitrogens with one attached hydrogen (secondary N) is 1. The van der Waals surface area contributed by atoms with Crippen molar-refractivity contribution in [2.24, 2.45) is 5.10 Å². The molecule has 98 valence electrons. The van der Waals surface area contributed by atoms with Gasteiger partial charge in [0, 0.05) is 16.7 Å². The number of hydrogen-bond donors (Lipinski definition) is 1. The first-order valence-corrected chi connectivity index (χ1v) is 5.95. The first kappa shape index (κ1) is 13.5. The monoisotopic (exact) mass is 280 g/mol. The summed E-state index contributed by atoms with van der Waals surface area (Å²) in [5.41, 5.74) is 4.12. The van der Waals surface area contributed by atoms with Crippen LogP contribution in [-0.4, -0.2) is 5.71 Å². The van der Waals surface area contributed by atoms with Crippen LogP contribution in [0.1, 0.15) is 12.5 Å². The number of hydrogen-bond acceptors (Lipinski definition) is 2. The molecule has 0 atom stereocenters. The van der Waals surface area contributed by atoms with Gasteiger partial charge < -0.3 is 0 Å². The minimum Gasteiger partial charge on any atom is -0.278 e. The number of rotatable bonds is 3. The molecule has 0 aromatic heterocycles. The summed E-state index contributed by atoms with van der Waals surface area (Å²) in [6.07, 6.45) is 0. The van der Waals surface area contributed by atoms with E-state index >= 15 is 0 Å². The lowest BCUT2D eigenvalue weighted by atomic mass is 10.1. The lowest BCUT2D eigenvalue weighted by Gasteiger charge is -2.05. The van der Waals surface area contributed by atoms with E-state index in [2.05, 4.69) is 10.5 Å². The second-order valence-electron chi connectivity index (χ2n) is 3.94. The first-order chi connectivity index (χ1) is 9.06. The average molecular weight is 281 g/mol. The Morgan fingerprint density at radius 3 is 2.63 bits per heavy atom. The second-order valence-corrected chi connectivity index (χ2v) is 4.38. The molecule has 0 aliphatic carbocycles. The molecule has 2 aromatic rings. The highest BCUT2D eigenvalue weighted by Gasteiger charge is 2.06. The Hall–Kier alpha value is -1.94. The Labute approximate surface area is 114 Å². The third-order valence-electron chi connectivity index (χ3n) is 2.50. The van der Waals surface area contributed by atoms with Gasteiger partial charge in [0.25, 0.3) is 0 Å². The molecule has 5 heteroatoms. The zero-order chi connectivity index (χ0) is 13.8. The van der Waals surface area contributed by atoms with E-state index in [-0.39, 0.29) is 5.56 Å². The van der Waals surface area contributed by atoms with Crippen LogP contribution in [0, 0.1) is 11.6 Å². The molecule has 0 aliphatic rings. The number of benzene rings is 2. The van der Waals surface area contributed by atoms with Gasteiger partial charge in [-0.2, -0.15) is 5.10 Å². The Morgan fingerprint density at radius 1 is 1.16 bits per heavy atom. The van der Waals surface area contributed by atoms with Gasteiger partial charge in [-0.15, -0.1) is 0 Å². The van der Waals surface area contributed by atoms with Crippen LogP contribution in [0.25, 0.3) is 0 Å². The molecule has 1 N–H and O–H groups in total. The number of nitrogens with zero attached hydrogens (tertiary/aromatic N) is 1. The van der Waals surface area contributed by atoms with E-state index in [0.717, 1.165) is 6.07 Å². The normalized spacial score (nSPS) is 11.5. The molecule has 0 fully saturated rings. The standard InChI is InChI=1S/C14H11ClF2N2/c1-9(13-6-5-11(16)8-14(13)17)18-19-12-4-2-3-10(15)7-12/h2-8,19H,1H3/b18-9-. The molecule has 2 aromatic carbocycles. The number of halogens is 3. The third-order valence-corrected chi connectivity index (χ3v) is 2.73. The molecule has 0 aliphatic heterocycles. The molecule has 0 unspecified atom stereocenters. The van der Waals surface area contributed by atoms with Crippen molar-refractivity contribution in [3.63, 3.8) is 0 Å². The maximum absolute atomic E-state index is 13.5. The largest absolute Gasteiger partial charge is 0.278 e. The van der Waals surface area contributed by atoms with Gasteiger partial charge in [0.05, 0.1) is 11.4 Å². The maximum atomic E-state index is 13.5. The summed E-state index contributed by atoms with van der Waals surface area (Å²) >= 11 is 5.83. The molecule has 0 saturated carbocycles. The van der Waals surface area contributed by atoms with Gasteiger partial charge >= 0.3 is 0 Å².